The Hall–Kier alpha value is -2.56. The molecule has 21 heavy (non-hydrogen) atoms. The van der Waals surface area contributed by atoms with Crippen molar-refractivity contribution in [1.29, 1.82) is 0 Å². The fourth-order valence-electron chi connectivity index (χ4n) is 2.07. The minimum Gasteiger partial charge on any atom is -0.494 e. The molecule has 5 nitrogen and oxygen atoms in total. The number of carbonyl (C=O) groups is 1. The minimum absolute atomic E-state index is 0.133. The van der Waals surface area contributed by atoms with E-state index in [9.17, 15) is 14.7 Å². The lowest BCUT2D eigenvalue weighted by atomic mass is 10.0. The van der Waals surface area contributed by atoms with Crippen LogP contribution in [-0.2, 0) is 6.42 Å². The molecule has 1 amide bonds. The second-order valence-electron chi connectivity index (χ2n) is 4.91. The molecule has 0 fully saturated rings. The van der Waals surface area contributed by atoms with E-state index in [0.29, 0.717) is 0 Å². The van der Waals surface area contributed by atoms with Gasteiger partial charge in [-0.15, -0.1) is 0 Å². The van der Waals surface area contributed by atoms with Gasteiger partial charge < -0.3 is 10.4 Å². The van der Waals surface area contributed by atoms with E-state index in [1.54, 1.807) is 0 Å². The van der Waals surface area contributed by atoms with Crippen LogP contribution in [0, 0.1) is 0 Å². The maximum Gasteiger partial charge on any atom is 0.252 e. The van der Waals surface area contributed by atoms with E-state index in [2.05, 4.69) is 17.2 Å². The monoisotopic (exact) mass is 286 g/mol. The zero-order chi connectivity index (χ0) is 15.4. The molecule has 1 aromatic heterocycles. The Balaban J connectivity index is 2.12. The normalized spacial score (nSPS) is 11.9. The number of aromatic amines is 1. The number of hydrogen-bond acceptors (Lipinski definition) is 3. The molecule has 0 aliphatic rings. The standard InChI is InChI=1S/C16H18N2O3/c1-3-11-4-6-12(7-5-11)10(2)17-16(21)13-8-14(19)18-15(20)9-13/h4-10H,3H2,1-2H3,(H,17,21)(H2,18,19,20). The third-order valence-electron chi connectivity index (χ3n) is 3.33. The number of aryl methyl sites for hydroxylation is 1. The van der Waals surface area contributed by atoms with Gasteiger partial charge in [0, 0.05) is 12.1 Å². The maximum absolute atomic E-state index is 12.1. The van der Waals surface area contributed by atoms with Crippen LogP contribution >= 0.6 is 0 Å². The average molecular weight is 286 g/mol. The maximum atomic E-state index is 12.1. The zero-order valence-electron chi connectivity index (χ0n) is 12.0. The van der Waals surface area contributed by atoms with Crippen molar-refractivity contribution in [3.8, 4) is 5.88 Å². The number of amides is 1. The quantitative estimate of drug-likeness (QED) is 0.805. The number of nitrogens with one attached hydrogen (secondary N) is 2. The second kappa shape index (κ2) is 6.26. The van der Waals surface area contributed by atoms with Crippen molar-refractivity contribution >= 4 is 5.91 Å². The van der Waals surface area contributed by atoms with Gasteiger partial charge in [0.2, 0.25) is 0 Å². The predicted molar refractivity (Wildman–Crippen MR) is 80.4 cm³/mol. The Morgan fingerprint density at radius 2 is 1.95 bits per heavy atom. The largest absolute Gasteiger partial charge is 0.494 e. The Kier molecular flexibility index (Phi) is 4.42. The summed E-state index contributed by atoms with van der Waals surface area (Å²) in [6.45, 7) is 3.95. The molecule has 1 heterocycles. The molecule has 1 aromatic carbocycles. The molecule has 0 spiro atoms. The first kappa shape index (κ1) is 14.8. The third-order valence-corrected chi connectivity index (χ3v) is 3.33. The highest BCUT2D eigenvalue weighted by atomic mass is 16.3. The van der Waals surface area contributed by atoms with Gasteiger partial charge in [0.25, 0.3) is 11.5 Å². The van der Waals surface area contributed by atoms with Crippen LogP contribution in [-0.4, -0.2) is 16.0 Å². The molecule has 2 aromatic rings. The molecule has 3 N–H and O–H groups in total. The number of carbonyl (C=O) groups excluding carboxylic acids is 1. The van der Waals surface area contributed by atoms with Crippen molar-refractivity contribution in [3.63, 3.8) is 0 Å². The Morgan fingerprint density at radius 1 is 1.29 bits per heavy atom. The molecular formula is C16H18N2O3. The van der Waals surface area contributed by atoms with Crippen LogP contribution in [0.2, 0.25) is 0 Å². The van der Waals surface area contributed by atoms with E-state index < -0.39 is 11.5 Å². The van der Waals surface area contributed by atoms with Gasteiger partial charge in [-0.05, 0) is 24.5 Å². The molecule has 0 bridgehead atoms. The van der Waals surface area contributed by atoms with E-state index in [-0.39, 0.29) is 17.5 Å². The van der Waals surface area contributed by atoms with Gasteiger partial charge in [-0.3, -0.25) is 14.6 Å². The summed E-state index contributed by atoms with van der Waals surface area (Å²) in [6.07, 6.45) is 0.965. The van der Waals surface area contributed by atoms with Gasteiger partial charge in [-0.25, -0.2) is 0 Å². The predicted octanol–water partition coefficient (Wildman–Crippen LogP) is 2.13. The summed E-state index contributed by atoms with van der Waals surface area (Å²) in [5.74, 6) is -0.726. The van der Waals surface area contributed by atoms with Gasteiger partial charge >= 0.3 is 0 Å². The van der Waals surface area contributed by atoms with E-state index in [4.69, 9.17) is 0 Å². The van der Waals surface area contributed by atoms with E-state index >= 15 is 0 Å². The molecule has 0 radical (unpaired) electrons. The number of aromatic nitrogens is 1. The van der Waals surface area contributed by atoms with Crippen LogP contribution in [0.25, 0.3) is 0 Å². The molecule has 0 saturated carbocycles. The molecule has 0 aliphatic carbocycles. The Bertz CT molecular complexity index is 689. The van der Waals surface area contributed by atoms with Crippen molar-refractivity contribution < 1.29 is 9.90 Å². The van der Waals surface area contributed by atoms with Crippen LogP contribution in [0.3, 0.4) is 0 Å². The minimum atomic E-state index is -0.514. The van der Waals surface area contributed by atoms with Crippen molar-refractivity contribution in [1.82, 2.24) is 10.3 Å². The van der Waals surface area contributed by atoms with Crippen LogP contribution in [0.15, 0.2) is 41.2 Å². The van der Waals surface area contributed by atoms with Gasteiger partial charge in [0.15, 0.2) is 5.88 Å². The third kappa shape index (κ3) is 3.72. The van der Waals surface area contributed by atoms with Crippen molar-refractivity contribution in [2.24, 2.45) is 0 Å². The molecule has 0 aliphatic heterocycles. The van der Waals surface area contributed by atoms with Crippen LogP contribution in [0.4, 0.5) is 0 Å². The van der Waals surface area contributed by atoms with E-state index in [0.717, 1.165) is 18.1 Å². The summed E-state index contributed by atoms with van der Waals surface area (Å²) in [5.41, 5.74) is 1.83. The summed E-state index contributed by atoms with van der Waals surface area (Å²) in [4.78, 5) is 25.5. The van der Waals surface area contributed by atoms with Gasteiger partial charge in [-0.1, -0.05) is 31.2 Å². The summed E-state index contributed by atoms with van der Waals surface area (Å²) in [6, 6.07) is 10.2. The second-order valence-corrected chi connectivity index (χ2v) is 4.91. The number of hydrogen-bond donors (Lipinski definition) is 3. The number of pyridine rings is 1. The highest BCUT2D eigenvalue weighted by Gasteiger charge is 2.12. The highest BCUT2D eigenvalue weighted by molar-refractivity contribution is 5.94. The van der Waals surface area contributed by atoms with Crippen molar-refractivity contribution in [3.05, 3.63) is 63.4 Å². The lowest BCUT2D eigenvalue weighted by Gasteiger charge is -2.14. The molecule has 2 rings (SSSR count). The lowest BCUT2D eigenvalue weighted by Crippen LogP contribution is -2.27. The highest BCUT2D eigenvalue weighted by Crippen LogP contribution is 2.15. The van der Waals surface area contributed by atoms with Gasteiger partial charge in [0.1, 0.15) is 0 Å². The SMILES string of the molecule is CCc1ccc(C(C)NC(=O)c2cc(O)[nH]c(=O)c2)cc1. The smallest absolute Gasteiger partial charge is 0.252 e. The number of aromatic hydroxyl groups is 1. The van der Waals surface area contributed by atoms with Crippen LogP contribution < -0.4 is 10.9 Å². The van der Waals surface area contributed by atoms with E-state index in [1.165, 1.54) is 11.6 Å². The van der Waals surface area contributed by atoms with Gasteiger partial charge in [0.05, 0.1) is 11.6 Å². The molecule has 0 saturated heterocycles. The Labute approximate surface area is 122 Å². The lowest BCUT2D eigenvalue weighted by molar-refractivity contribution is 0.0939. The molecular weight excluding hydrogens is 268 g/mol. The number of benzene rings is 1. The summed E-state index contributed by atoms with van der Waals surface area (Å²) in [7, 11) is 0. The topological polar surface area (TPSA) is 82.2 Å². The van der Waals surface area contributed by atoms with Crippen molar-refractivity contribution in [2.45, 2.75) is 26.3 Å². The first-order chi connectivity index (χ1) is 9.99. The number of rotatable bonds is 4. The average Bonchev–Trinajstić information content (AvgIpc) is 2.46. The first-order valence-electron chi connectivity index (χ1n) is 6.82. The van der Waals surface area contributed by atoms with Crippen LogP contribution in [0.5, 0.6) is 5.88 Å². The number of H-pyrrole nitrogens is 1. The summed E-state index contributed by atoms with van der Waals surface area (Å²) in [5, 5.41) is 12.1. The zero-order valence-corrected chi connectivity index (χ0v) is 12.0. The first-order valence-corrected chi connectivity index (χ1v) is 6.82. The van der Waals surface area contributed by atoms with Crippen molar-refractivity contribution in [2.75, 3.05) is 0 Å². The fraction of sp³-hybridized carbons (Fsp3) is 0.250. The Morgan fingerprint density at radius 3 is 2.52 bits per heavy atom. The molecule has 110 valence electrons. The van der Waals surface area contributed by atoms with E-state index in [1.807, 2.05) is 31.2 Å². The van der Waals surface area contributed by atoms with Gasteiger partial charge in [-0.2, -0.15) is 0 Å². The fourth-order valence-corrected chi connectivity index (χ4v) is 2.07. The van der Waals surface area contributed by atoms with Crippen LogP contribution in [0.1, 0.15) is 41.4 Å². The summed E-state index contributed by atoms with van der Waals surface area (Å²) < 4.78 is 0. The molecule has 1 atom stereocenters. The molecule has 5 heteroatoms. The molecule has 1 unspecified atom stereocenters. The summed E-state index contributed by atoms with van der Waals surface area (Å²) >= 11 is 0.